The topological polar surface area (TPSA) is 46.6 Å². The molecule has 0 N–H and O–H groups in total. The van der Waals surface area contributed by atoms with Crippen LogP contribution in [0.1, 0.15) is 51.1 Å². The summed E-state index contributed by atoms with van der Waals surface area (Å²) in [6.07, 6.45) is 2.38. The first-order valence-electron chi connectivity index (χ1n) is 9.09. The van der Waals surface area contributed by atoms with Crippen LogP contribution in [0.2, 0.25) is 0 Å². The van der Waals surface area contributed by atoms with Crippen molar-refractivity contribution in [2.75, 3.05) is 20.7 Å². The van der Waals surface area contributed by atoms with E-state index in [1.165, 1.54) is 0 Å². The normalized spacial score (nSPS) is 13.2. The molecule has 1 heterocycles. The van der Waals surface area contributed by atoms with Gasteiger partial charge in [0, 0.05) is 30.5 Å². The highest BCUT2D eigenvalue weighted by molar-refractivity contribution is 6.02. The molecule has 0 fully saturated rings. The lowest BCUT2D eigenvalue weighted by atomic mass is 9.96. The highest BCUT2D eigenvalue weighted by atomic mass is 16.5. The molecule has 0 spiro atoms. The van der Waals surface area contributed by atoms with E-state index in [0.29, 0.717) is 17.7 Å². The van der Waals surface area contributed by atoms with E-state index in [2.05, 4.69) is 0 Å². The lowest BCUT2D eigenvalue weighted by molar-refractivity contribution is 0.0916. The van der Waals surface area contributed by atoms with Gasteiger partial charge in [0.05, 0.1) is 6.61 Å². The van der Waals surface area contributed by atoms with Crippen molar-refractivity contribution >= 4 is 11.6 Å². The van der Waals surface area contributed by atoms with Crippen molar-refractivity contribution in [2.24, 2.45) is 0 Å². The second-order valence-electron chi connectivity index (χ2n) is 7.02. The van der Waals surface area contributed by atoms with Gasteiger partial charge in [-0.25, -0.2) is 0 Å². The van der Waals surface area contributed by atoms with Crippen molar-refractivity contribution in [3.8, 4) is 5.75 Å². The molecule has 0 atom stereocenters. The van der Waals surface area contributed by atoms with Crippen LogP contribution in [0.4, 0.5) is 0 Å². The summed E-state index contributed by atoms with van der Waals surface area (Å²) in [5, 5.41) is 0. The van der Waals surface area contributed by atoms with Crippen LogP contribution in [-0.4, -0.2) is 37.2 Å². The van der Waals surface area contributed by atoms with E-state index in [-0.39, 0.29) is 24.4 Å². The number of fused-ring (bicyclic) bond motifs is 1. The number of Topliss-reactive ketones (excluding diaryl/α,β-unsaturated/α-hetero) is 2. The first-order valence-corrected chi connectivity index (χ1v) is 9.09. The summed E-state index contributed by atoms with van der Waals surface area (Å²) in [5.74, 6) is 0.912. The fourth-order valence-corrected chi connectivity index (χ4v) is 3.31. The predicted molar refractivity (Wildman–Crippen MR) is 102 cm³/mol. The molecule has 2 aromatic carbocycles. The summed E-state index contributed by atoms with van der Waals surface area (Å²) in [5.41, 5.74) is 3.47. The quantitative estimate of drug-likeness (QED) is 0.710. The predicted octanol–water partition coefficient (Wildman–Crippen LogP) is 3.92. The summed E-state index contributed by atoms with van der Waals surface area (Å²) in [6.45, 7) is 1.45. The highest BCUT2D eigenvalue weighted by Crippen LogP contribution is 2.26. The van der Waals surface area contributed by atoms with Crippen LogP contribution in [-0.2, 0) is 13.0 Å². The zero-order valence-electron chi connectivity index (χ0n) is 15.5. The minimum atomic E-state index is 0.0109. The third-order valence-corrected chi connectivity index (χ3v) is 4.61. The zero-order valence-corrected chi connectivity index (χ0v) is 15.5. The summed E-state index contributed by atoms with van der Waals surface area (Å²) < 4.78 is 5.59. The summed E-state index contributed by atoms with van der Waals surface area (Å²) in [6, 6.07) is 13.2. The molecule has 1 aliphatic rings. The molecule has 0 aliphatic carbocycles. The van der Waals surface area contributed by atoms with Crippen molar-refractivity contribution in [2.45, 2.75) is 32.2 Å². The smallest absolute Gasteiger partial charge is 0.163 e. The van der Waals surface area contributed by atoms with E-state index in [0.717, 1.165) is 36.3 Å². The molecule has 4 nitrogen and oxygen atoms in total. The van der Waals surface area contributed by atoms with Crippen LogP contribution in [0.3, 0.4) is 0 Å². The molecule has 0 amide bonds. The Morgan fingerprint density at radius 3 is 2.62 bits per heavy atom. The minimum Gasteiger partial charge on any atom is -0.493 e. The van der Waals surface area contributed by atoms with Crippen molar-refractivity contribution in [1.82, 2.24) is 4.90 Å². The van der Waals surface area contributed by atoms with Gasteiger partial charge < -0.3 is 9.64 Å². The van der Waals surface area contributed by atoms with Gasteiger partial charge in [-0.15, -0.1) is 0 Å². The zero-order chi connectivity index (χ0) is 18.5. The van der Waals surface area contributed by atoms with Gasteiger partial charge >= 0.3 is 0 Å². The number of hydrogen-bond acceptors (Lipinski definition) is 4. The molecule has 0 saturated carbocycles. The number of carbonyl (C=O) groups is 2. The molecular formula is C22H25NO3. The largest absolute Gasteiger partial charge is 0.493 e. The van der Waals surface area contributed by atoms with Gasteiger partial charge in [0.25, 0.3) is 0 Å². The van der Waals surface area contributed by atoms with Crippen molar-refractivity contribution in [3.05, 3.63) is 64.7 Å². The number of rotatable bonds is 7. The molecule has 26 heavy (non-hydrogen) atoms. The Balaban J connectivity index is 1.65. The molecular weight excluding hydrogens is 326 g/mol. The fourth-order valence-electron chi connectivity index (χ4n) is 3.31. The molecule has 136 valence electrons. The monoisotopic (exact) mass is 351 g/mol. The van der Waals surface area contributed by atoms with E-state index < -0.39 is 0 Å². The Morgan fingerprint density at radius 2 is 1.81 bits per heavy atom. The Kier molecular flexibility index (Phi) is 5.84. The molecule has 0 bridgehead atoms. The SMILES string of the molecule is CN(C)Cc1ccccc1C(=O)CCC(=O)c1ccc2c(c1)CCCO2. The fraction of sp³-hybridized carbons (Fsp3) is 0.364. The van der Waals surface area contributed by atoms with Crippen LogP contribution in [0.15, 0.2) is 42.5 Å². The van der Waals surface area contributed by atoms with Crippen LogP contribution in [0.25, 0.3) is 0 Å². The van der Waals surface area contributed by atoms with Gasteiger partial charge in [0.15, 0.2) is 11.6 Å². The summed E-state index contributed by atoms with van der Waals surface area (Å²) in [4.78, 5) is 27.2. The second kappa shape index (κ2) is 8.28. The van der Waals surface area contributed by atoms with Gasteiger partial charge in [0.1, 0.15) is 5.75 Å². The average molecular weight is 351 g/mol. The number of aryl methyl sites for hydroxylation is 1. The lowest BCUT2D eigenvalue weighted by Crippen LogP contribution is -2.15. The summed E-state index contributed by atoms with van der Waals surface area (Å²) in [7, 11) is 3.95. The highest BCUT2D eigenvalue weighted by Gasteiger charge is 2.16. The van der Waals surface area contributed by atoms with Crippen LogP contribution in [0, 0.1) is 0 Å². The van der Waals surface area contributed by atoms with E-state index >= 15 is 0 Å². The van der Waals surface area contributed by atoms with Crippen LogP contribution < -0.4 is 4.74 Å². The van der Waals surface area contributed by atoms with Crippen molar-refractivity contribution in [3.63, 3.8) is 0 Å². The number of hydrogen-bond donors (Lipinski definition) is 0. The Bertz CT molecular complexity index is 811. The van der Waals surface area contributed by atoms with E-state index in [4.69, 9.17) is 4.74 Å². The van der Waals surface area contributed by atoms with Crippen LogP contribution >= 0.6 is 0 Å². The lowest BCUT2D eigenvalue weighted by Gasteiger charge is -2.17. The number of ether oxygens (including phenoxy) is 1. The van der Waals surface area contributed by atoms with E-state index in [1.807, 2.05) is 55.4 Å². The maximum absolute atomic E-state index is 12.6. The maximum atomic E-state index is 12.6. The molecule has 1 aliphatic heterocycles. The standard InChI is InChI=1S/C22H25NO3/c1-23(2)15-18-6-3-4-8-19(18)21(25)11-10-20(24)16-9-12-22-17(14-16)7-5-13-26-22/h3-4,6,8-9,12,14H,5,7,10-11,13,15H2,1-2H3. The van der Waals surface area contributed by atoms with Crippen LogP contribution in [0.5, 0.6) is 5.75 Å². The van der Waals surface area contributed by atoms with Gasteiger partial charge in [-0.3, -0.25) is 9.59 Å². The maximum Gasteiger partial charge on any atom is 0.163 e. The van der Waals surface area contributed by atoms with Crippen molar-refractivity contribution < 1.29 is 14.3 Å². The summed E-state index contributed by atoms with van der Waals surface area (Å²) >= 11 is 0. The molecule has 2 aromatic rings. The number of nitrogens with zero attached hydrogens (tertiary/aromatic N) is 1. The first kappa shape index (κ1) is 18.3. The van der Waals surface area contributed by atoms with Gasteiger partial charge in [-0.1, -0.05) is 24.3 Å². The Morgan fingerprint density at radius 1 is 1.04 bits per heavy atom. The van der Waals surface area contributed by atoms with Gasteiger partial charge in [0.2, 0.25) is 0 Å². The number of benzene rings is 2. The number of ketones is 2. The van der Waals surface area contributed by atoms with Gasteiger partial charge in [-0.05, 0) is 56.3 Å². The minimum absolute atomic E-state index is 0.0109. The molecule has 0 radical (unpaired) electrons. The Hall–Kier alpha value is -2.46. The van der Waals surface area contributed by atoms with E-state index in [1.54, 1.807) is 6.07 Å². The molecule has 0 unspecified atom stereocenters. The second-order valence-corrected chi connectivity index (χ2v) is 7.02. The molecule has 0 aromatic heterocycles. The third-order valence-electron chi connectivity index (χ3n) is 4.61. The number of carbonyl (C=O) groups excluding carboxylic acids is 2. The Labute approximate surface area is 154 Å². The van der Waals surface area contributed by atoms with Gasteiger partial charge in [-0.2, -0.15) is 0 Å². The third kappa shape index (κ3) is 4.38. The molecule has 3 rings (SSSR count). The first-order chi connectivity index (χ1) is 12.5. The van der Waals surface area contributed by atoms with E-state index in [9.17, 15) is 9.59 Å². The van der Waals surface area contributed by atoms with Crippen molar-refractivity contribution in [1.29, 1.82) is 0 Å². The molecule has 4 heteroatoms. The molecule has 0 saturated heterocycles. The average Bonchev–Trinajstić information content (AvgIpc) is 2.65.